The molecular formula is C24H28N2O5S2. The number of hydrogen-bond donors (Lipinski definition) is 0. The van der Waals surface area contributed by atoms with Gasteiger partial charge in [0.15, 0.2) is 11.5 Å². The van der Waals surface area contributed by atoms with Gasteiger partial charge in [-0.25, -0.2) is 8.42 Å². The van der Waals surface area contributed by atoms with Gasteiger partial charge in [0.05, 0.1) is 10.6 Å². The zero-order valence-corrected chi connectivity index (χ0v) is 20.2. The van der Waals surface area contributed by atoms with E-state index in [1.165, 1.54) is 10.4 Å². The van der Waals surface area contributed by atoms with E-state index in [1.54, 1.807) is 12.1 Å². The van der Waals surface area contributed by atoms with Crippen molar-refractivity contribution in [2.45, 2.75) is 41.2 Å². The van der Waals surface area contributed by atoms with Gasteiger partial charge in [0.2, 0.25) is 15.9 Å². The first-order valence-corrected chi connectivity index (χ1v) is 13.7. The summed E-state index contributed by atoms with van der Waals surface area (Å²) in [7, 11) is -3.66. The van der Waals surface area contributed by atoms with Crippen LogP contribution in [0.2, 0.25) is 0 Å². The van der Waals surface area contributed by atoms with Gasteiger partial charge in [0.1, 0.15) is 13.2 Å². The highest BCUT2D eigenvalue weighted by Crippen LogP contribution is 2.39. The van der Waals surface area contributed by atoms with E-state index in [9.17, 15) is 13.2 Å². The van der Waals surface area contributed by atoms with E-state index in [0.29, 0.717) is 62.4 Å². The first-order chi connectivity index (χ1) is 15.9. The lowest BCUT2D eigenvalue weighted by Gasteiger charge is -2.34. The van der Waals surface area contributed by atoms with Crippen LogP contribution in [-0.2, 0) is 14.8 Å². The molecule has 0 spiro atoms. The second-order valence-corrected chi connectivity index (χ2v) is 12.1. The molecule has 9 heteroatoms. The van der Waals surface area contributed by atoms with Gasteiger partial charge in [-0.15, -0.1) is 11.8 Å². The fraction of sp³-hybridized carbons (Fsp3) is 0.458. The summed E-state index contributed by atoms with van der Waals surface area (Å²) >= 11 is 1.81. The SMILES string of the molecule is CC1CCN(C(=O)C2CCN(S(=O)(=O)c3ccc4c(c3)OCCO4)CC2)c2ccccc2S1. The molecule has 3 aliphatic rings. The van der Waals surface area contributed by atoms with Crippen LogP contribution in [-0.4, -0.2) is 56.7 Å². The number of amides is 1. The molecule has 0 radical (unpaired) electrons. The summed E-state index contributed by atoms with van der Waals surface area (Å²) in [5, 5.41) is 0.446. The molecule has 7 nitrogen and oxygen atoms in total. The Bertz CT molecular complexity index is 1150. The Morgan fingerprint density at radius 3 is 2.48 bits per heavy atom. The van der Waals surface area contributed by atoms with Crippen LogP contribution in [0.3, 0.4) is 0 Å². The van der Waals surface area contributed by atoms with Gasteiger partial charge >= 0.3 is 0 Å². The molecule has 3 aliphatic heterocycles. The fourth-order valence-electron chi connectivity index (χ4n) is 4.61. The van der Waals surface area contributed by atoms with Crippen LogP contribution in [0.25, 0.3) is 0 Å². The van der Waals surface area contributed by atoms with Crippen LogP contribution in [0.15, 0.2) is 52.3 Å². The molecule has 3 heterocycles. The number of rotatable bonds is 3. The van der Waals surface area contributed by atoms with E-state index < -0.39 is 10.0 Å². The molecule has 1 unspecified atom stereocenters. The van der Waals surface area contributed by atoms with Crippen LogP contribution < -0.4 is 14.4 Å². The second kappa shape index (κ2) is 9.19. The number of sulfonamides is 1. The molecule has 0 aliphatic carbocycles. The monoisotopic (exact) mass is 488 g/mol. The molecule has 176 valence electrons. The van der Waals surface area contributed by atoms with Crippen molar-refractivity contribution in [3.8, 4) is 11.5 Å². The van der Waals surface area contributed by atoms with Gasteiger partial charge in [-0.2, -0.15) is 4.31 Å². The molecule has 0 saturated carbocycles. The Hall–Kier alpha value is -2.23. The molecule has 1 amide bonds. The summed E-state index contributed by atoms with van der Waals surface area (Å²) in [6.45, 7) is 4.40. The van der Waals surface area contributed by atoms with Gasteiger partial charge in [-0.3, -0.25) is 4.79 Å². The zero-order valence-electron chi connectivity index (χ0n) is 18.6. The molecule has 0 aromatic heterocycles. The highest BCUT2D eigenvalue weighted by Gasteiger charge is 2.36. The zero-order chi connectivity index (χ0) is 23.0. The maximum Gasteiger partial charge on any atom is 0.243 e. The lowest BCUT2D eigenvalue weighted by molar-refractivity contribution is -0.123. The summed E-state index contributed by atoms with van der Waals surface area (Å²) in [4.78, 5) is 16.7. The third-order valence-electron chi connectivity index (χ3n) is 6.46. The minimum absolute atomic E-state index is 0.105. The van der Waals surface area contributed by atoms with E-state index in [4.69, 9.17) is 9.47 Å². The molecule has 5 rings (SSSR count). The van der Waals surface area contributed by atoms with E-state index in [-0.39, 0.29) is 16.7 Å². The van der Waals surface area contributed by atoms with Crippen molar-refractivity contribution < 1.29 is 22.7 Å². The normalized spacial score (nSPS) is 21.8. The topological polar surface area (TPSA) is 76.2 Å². The predicted molar refractivity (Wildman–Crippen MR) is 128 cm³/mol. The Morgan fingerprint density at radius 1 is 0.970 bits per heavy atom. The predicted octanol–water partition coefficient (Wildman–Crippen LogP) is 3.78. The molecule has 33 heavy (non-hydrogen) atoms. The minimum Gasteiger partial charge on any atom is -0.486 e. The van der Waals surface area contributed by atoms with Crippen LogP contribution in [0.5, 0.6) is 11.5 Å². The number of carbonyl (C=O) groups excluding carboxylic acids is 1. The smallest absolute Gasteiger partial charge is 0.243 e. The van der Waals surface area contributed by atoms with Crippen LogP contribution in [0.4, 0.5) is 5.69 Å². The van der Waals surface area contributed by atoms with Crippen molar-refractivity contribution in [2.24, 2.45) is 5.92 Å². The maximum absolute atomic E-state index is 13.5. The third kappa shape index (κ3) is 4.46. The summed E-state index contributed by atoms with van der Waals surface area (Å²) < 4.78 is 39.0. The Morgan fingerprint density at radius 2 is 1.70 bits per heavy atom. The van der Waals surface area contributed by atoms with E-state index in [1.807, 2.05) is 34.9 Å². The molecule has 1 atom stereocenters. The fourth-order valence-corrected chi connectivity index (χ4v) is 7.21. The first-order valence-electron chi connectivity index (χ1n) is 11.4. The molecule has 2 aromatic rings. The number of thioether (sulfide) groups is 1. The van der Waals surface area contributed by atoms with Crippen molar-refractivity contribution in [3.05, 3.63) is 42.5 Å². The number of carbonyl (C=O) groups is 1. The number of fused-ring (bicyclic) bond motifs is 2. The Kier molecular flexibility index (Phi) is 6.28. The molecular weight excluding hydrogens is 460 g/mol. The van der Waals surface area contributed by atoms with Gasteiger partial charge in [-0.1, -0.05) is 19.1 Å². The van der Waals surface area contributed by atoms with E-state index >= 15 is 0 Å². The summed E-state index contributed by atoms with van der Waals surface area (Å²) in [6, 6.07) is 12.8. The van der Waals surface area contributed by atoms with E-state index in [2.05, 4.69) is 13.0 Å². The summed E-state index contributed by atoms with van der Waals surface area (Å²) in [6.07, 6.45) is 1.97. The number of para-hydroxylation sites is 1. The minimum atomic E-state index is -3.66. The Labute approximate surface area is 199 Å². The van der Waals surface area contributed by atoms with Crippen LogP contribution in [0.1, 0.15) is 26.2 Å². The van der Waals surface area contributed by atoms with Gasteiger partial charge in [0, 0.05) is 41.8 Å². The Balaban J connectivity index is 1.29. The molecule has 1 fully saturated rings. The summed E-state index contributed by atoms with van der Waals surface area (Å²) in [5.41, 5.74) is 0.975. The number of nitrogens with zero attached hydrogens (tertiary/aromatic N) is 2. The number of hydrogen-bond acceptors (Lipinski definition) is 6. The van der Waals surface area contributed by atoms with Crippen molar-refractivity contribution in [1.29, 1.82) is 0 Å². The first kappa shape index (κ1) is 22.6. The van der Waals surface area contributed by atoms with Crippen LogP contribution >= 0.6 is 11.8 Å². The van der Waals surface area contributed by atoms with Crippen molar-refractivity contribution in [3.63, 3.8) is 0 Å². The van der Waals surface area contributed by atoms with Crippen molar-refractivity contribution in [2.75, 3.05) is 37.7 Å². The van der Waals surface area contributed by atoms with Gasteiger partial charge in [0.25, 0.3) is 0 Å². The van der Waals surface area contributed by atoms with E-state index in [0.717, 1.165) is 17.0 Å². The number of piperidine rings is 1. The summed E-state index contributed by atoms with van der Waals surface area (Å²) in [5.74, 6) is 0.950. The maximum atomic E-state index is 13.5. The highest BCUT2D eigenvalue weighted by molar-refractivity contribution is 8.00. The number of benzene rings is 2. The van der Waals surface area contributed by atoms with Gasteiger partial charge < -0.3 is 14.4 Å². The average molecular weight is 489 g/mol. The number of anilines is 1. The molecule has 0 N–H and O–H groups in total. The highest BCUT2D eigenvalue weighted by atomic mass is 32.2. The molecule has 1 saturated heterocycles. The quantitative estimate of drug-likeness (QED) is 0.655. The average Bonchev–Trinajstić information content (AvgIpc) is 3.01. The van der Waals surface area contributed by atoms with Crippen molar-refractivity contribution in [1.82, 2.24) is 4.31 Å². The van der Waals surface area contributed by atoms with Gasteiger partial charge in [-0.05, 0) is 43.5 Å². The second-order valence-electron chi connectivity index (χ2n) is 8.66. The number of ether oxygens (including phenoxy) is 2. The lowest BCUT2D eigenvalue weighted by Crippen LogP contribution is -2.44. The lowest BCUT2D eigenvalue weighted by atomic mass is 9.96. The molecule has 2 aromatic carbocycles. The third-order valence-corrected chi connectivity index (χ3v) is 9.60. The van der Waals surface area contributed by atoms with Crippen LogP contribution in [0, 0.1) is 5.92 Å². The molecule has 0 bridgehead atoms. The standard InChI is InChI=1S/C24H28N2O5S2/c1-17-8-13-26(20-4-2-3-5-23(20)32-17)24(27)18-9-11-25(12-10-18)33(28,29)19-6-7-21-22(16-19)31-15-14-30-21/h2-7,16-18H,8-15H2,1H3. The largest absolute Gasteiger partial charge is 0.486 e. The van der Waals surface area contributed by atoms with Crippen molar-refractivity contribution >= 4 is 33.4 Å².